The molecule has 21 heavy (non-hydrogen) atoms. The number of rotatable bonds is 3. The van der Waals surface area contributed by atoms with Crippen molar-refractivity contribution in [2.45, 2.75) is 19.1 Å². The van der Waals surface area contributed by atoms with Crippen LogP contribution in [0.25, 0.3) is 0 Å². The number of amides is 1. The van der Waals surface area contributed by atoms with Crippen molar-refractivity contribution in [2.24, 2.45) is 0 Å². The second-order valence-electron chi connectivity index (χ2n) is 4.66. The summed E-state index contributed by atoms with van der Waals surface area (Å²) >= 11 is 0. The van der Waals surface area contributed by atoms with Crippen LogP contribution in [0.15, 0.2) is 54.6 Å². The van der Waals surface area contributed by atoms with E-state index in [9.17, 15) is 18.0 Å². The standard InChI is InChI=1S/C16H14F3NO/c1-11(21)20-15(12-5-3-2-4-6-12)13-7-9-14(10-8-13)16(17,18)19/h2-10,15H,1H3,(H,20,21)/t15-/m1/s1. The van der Waals surface area contributed by atoms with Gasteiger partial charge in [0.05, 0.1) is 11.6 Å². The van der Waals surface area contributed by atoms with Crippen LogP contribution in [0.3, 0.4) is 0 Å². The molecule has 0 heterocycles. The molecule has 0 aliphatic heterocycles. The van der Waals surface area contributed by atoms with Gasteiger partial charge in [0, 0.05) is 6.92 Å². The lowest BCUT2D eigenvalue weighted by Gasteiger charge is -2.19. The molecular formula is C16H14F3NO. The molecular weight excluding hydrogens is 279 g/mol. The van der Waals surface area contributed by atoms with Crippen molar-refractivity contribution in [3.8, 4) is 0 Å². The third-order valence-electron chi connectivity index (χ3n) is 3.05. The van der Waals surface area contributed by atoms with E-state index in [0.717, 1.165) is 17.7 Å². The molecule has 1 N–H and O–H groups in total. The molecule has 0 fully saturated rings. The highest BCUT2D eigenvalue weighted by Crippen LogP contribution is 2.31. The number of hydrogen-bond acceptors (Lipinski definition) is 1. The van der Waals surface area contributed by atoms with Gasteiger partial charge in [0.25, 0.3) is 0 Å². The molecule has 2 aromatic carbocycles. The minimum atomic E-state index is -4.37. The first-order chi connectivity index (χ1) is 9.88. The van der Waals surface area contributed by atoms with Crippen LogP contribution in [0.2, 0.25) is 0 Å². The third kappa shape index (κ3) is 3.84. The normalized spacial score (nSPS) is 12.8. The van der Waals surface area contributed by atoms with Gasteiger partial charge in [-0.2, -0.15) is 13.2 Å². The Morgan fingerprint density at radius 2 is 1.48 bits per heavy atom. The topological polar surface area (TPSA) is 29.1 Å². The van der Waals surface area contributed by atoms with Crippen LogP contribution >= 0.6 is 0 Å². The van der Waals surface area contributed by atoms with Crippen molar-refractivity contribution in [1.29, 1.82) is 0 Å². The SMILES string of the molecule is CC(=O)N[C@H](c1ccccc1)c1ccc(C(F)(F)F)cc1. The van der Waals surface area contributed by atoms with Gasteiger partial charge < -0.3 is 5.32 Å². The van der Waals surface area contributed by atoms with Crippen LogP contribution in [0.5, 0.6) is 0 Å². The van der Waals surface area contributed by atoms with Crippen molar-refractivity contribution in [3.05, 3.63) is 71.3 Å². The lowest BCUT2D eigenvalue weighted by atomic mass is 9.97. The van der Waals surface area contributed by atoms with Crippen LogP contribution < -0.4 is 5.32 Å². The summed E-state index contributed by atoms with van der Waals surface area (Å²) in [7, 11) is 0. The van der Waals surface area contributed by atoms with Gasteiger partial charge in [-0.05, 0) is 23.3 Å². The first-order valence-electron chi connectivity index (χ1n) is 6.37. The fraction of sp³-hybridized carbons (Fsp3) is 0.188. The van der Waals surface area contributed by atoms with Gasteiger partial charge in [-0.25, -0.2) is 0 Å². The highest BCUT2D eigenvalue weighted by atomic mass is 19.4. The molecule has 0 aliphatic carbocycles. The van der Waals surface area contributed by atoms with Gasteiger partial charge in [0.1, 0.15) is 0 Å². The molecule has 1 atom stereocenters. The second kappa shape index (κ2) is 5.99. The fourth-order valence-electron chi connectivity index (χ4n) is 2.07. The zero-order valence-electron chi connectivity index (χ0n) is 11.3. The van der Waals surface area contributed by atoms with Crippen LogP contribution in [0.1, 0.15) is 29.7 Å². The molecule has 2 rings (SSSR count). The Labute approximate surface area is 120 Å². The first kappa shape index (κ1) is 15.1. The average Bonchev–Trinajstić information content (AvgIpc) is 2.45. The molecule has 0 saturated carbocycles. The maximum Gasteiger partial charge on any atom is 0.416 e. The van der Waals surface area contributed by atoms with Gasteiger partial charge in [0.2, 0.25) is 5.91 Å². The van der Waals surface area contributed by atoms with Crippen molar-refractivity contribution in [2.75, 3.05) is 0 Å². The van der Waals surface area contributed by atoms with Crippen LogP contribution in [0.4, 0.5) is 13.2 Å². The summed E-state index contributed by atoms with van der Waals surface area (Å²) in [4.78, 5) is 11.3. The number of carbonyl (C=O) groups is 1. The van der Waals surface area contributed by atoms with Gasteiger partial charge in [-0.3, -0.25) is 4.79 Å². The predicted octanol–water partition coefficient (Wildman–Crippen LogP) is 3.93. The molecule has 0 spiro atoms. The summed E-state index contributed by atoms with van der Waals surface area (Å²) in [6.07, 6.45) is -4.37. The first-order valence-corrected chi connectivity index (χ1v) is 6.37. The Bertz CT molecular complexity index is 606. The summed E-state index contributed by atoms with van der Waals surface area (Å²) in [5, 5.41) is 2.75. The van der Waals surface area contributed by atoms with Gasteiger partial charge in [0.15, 0.2) is 0 Å². The molecule has 110 valence electrons. The number of benzene rings is 2. The monoisotopic (exact) mass is 293 g/mol. The number of carbonyl (C=O) groups excluding carboxylic acids is 1. The van der Waals surface area contributed by atoms with E-state index in [1.54, 1.807) is 0 Å². The molecule has 0 aliphatic rings. The van der Waals surface area contributed by atoms with E-state index in [1.165, 1.54) is 19.1 Å². The Hall–Kier alpha value is -2.30. The molecule has 5 heteroatoms. The number of alkyl halides is 3. The summed E-state index contributed by atoms with van der Waals surface area (Å²) in [6.45, 7) is 1.38. The highest BCUT2D eigenvalue weighted by molar-refractivity contribution is 5.74. The Morgan fingerprint density at radius 3 is 1.95 bits per heavy atom. The van der Waals surface area contributed by atoms with E-state index in [-0.39, 0.29) is 5.91 Å². The van der Waals surface area contributed by atoms with E-state index in [0.29, 0.717) is 5.56 Å². The molecule has 0 bridgehead atoms. The lowest BCUT2D eigenvalue weighted by Crippen LogP contribution is -2.26. The summed E-state index contributed by atoms with van der Waals surface area (Å²) < 4.78 is 37.8. The largest absolute Gasteiger partial charge is 0.416 e. The Kier molecular flexibility index (Phi) is 4.31. The van der Waals surface area contributed by atoms with Gasteiger partial charge in [-0.15, -0.1) is 0 Å². The Morgan fingerprint density at radius 1 is 0.952 bits per heavy atom. The zero-order valence-corrected chi connectivity index (χ0v) is 11.3. The van der Waals surface area contributed by atoms with Crippen LogP contribution in [-0.4, -0.2) is 5.91 Å². The van der Waals surface area contributed by atoms with Gasteiger partial charge in [-0.1, -0.05) is 42.5 Å². The molecule has 0 aromatic heterocycles. The van der Waals surface area contributed by atoms with E-state index < -0.39 is 17.8 Å². The predicted molar refractivity (Wildman–Crippen MR) is 73.5 cm³/mol. The molecule has 1 amide bonds. The molecule has 0 unspecified atom stereocenters. The van der Waals surface area contributed by atoms with E-state index in [2.05, 4.69) is 5.32 Å². The maximum atomic E-state index is 12.6. The Balaban J connectivity index is 2.36. The van der Waals surface area contributed by atoms with Crippen molar-refractivity contribution < 1.29 is 18.0 Å². The summed E-state index contributed by atoms with van der Waals surface area (Å²) in [5.74, 6) is -0.247. The average molecular weight is 293 g/mol. The minimum Gasteiger partial charge on any atom is -0.345 e. The highest BCUT2D eigenvalue weighted by Gasteiger charge is 2.30. The lowest BCUT2D eigenvalue weighted by molar-refractivity contribution is -0.137. The number of nitrogens with one attached hydrogen (secondary N) is 1. The molecule has 2 nitrogen and oxygen atoms in total. The van der Waals surface area contributed by atoms with E-state index in [4.69, 9.17) is 0 Å². The molecule has 0 saturated heterocycles. The van der Waals surface area contributed by atoms with Crippen molar-refractivity contribution in [3.63, 3.8) is 0 Å². The van der Waals surface area contributed by atoms with E-state index >= 15 is 0 Å². The van der Waals surface area contributed by atoms with Crippen molar-refractivity contribution >= 4 is 5.91 Å². The van der Waals surface area contributed by atoms with Gasteiger partial charge >= 0.3 is 6.18 Å². The zero-order chi connectivity index (χ0) is 15.5. The molecule has 0 radical (unpaired) electrons. The quantitative estimate of drug-likeness (QED) is 0.912. The third-order valence-corrected chi connectivity index (χ3v) is 3.05. The summed E-state index contributed by atoms with van der Waals surface area (Å²) in [5.41, 5.74) is 0.706. The van der Waals surface area contributed by atoms with Crippen LogP contribution in [-0.2, 0) is 11.0 Å². The molecule has 2 aromatic rings. The smallest absolute Gasteiger partial charge is 0.345 e. The van der Waals surface area contributed by atoms with Crippen molar-refractivity contribution in [1.82, 2.24) is 5.32 Å². The van der Waals surface area contributed by atoms with E-state index in [1.807, 2.05) is 30.3 Å². The van der Waals surface area contributed by atoms with Crippen LogP contribution in [0, 0.1) is 0 Å². The second-order valence-corrected chi connectivity index (χ2v) is 4.66. The fourth-order valence-corrected chi connectivity index (χ4v) is 2.07. The maximum absolute atomic E-state index is 12.6. The minimum absolute atomic E-state index is 0.247. The number of hydrogen-bond donors (Lipinski definition) is 1. The summed E-state index contributed by atoms with van der Waals surface area (Å²) in [6, 6.07) is 13.4. The number of halogens is 3.